The van der Waals surface area contributed by atoms with Crippen LogP contribution in [0.3, 0.4) is 0 Å². The first kappa shape index (κ1) is 15.3. The minimum Gasteiger partial charge on any atom is -0.375 e. The van der Waals surface area contributed by atoms with Crippen molar-refractivity contribution < 1.29 is 4.92 Å². The molecule has 1 aromatic carbocycles. The zero-order valence-corrected chi connectivity index (χ0v) is 12.9. The van der Waals surface area contributed by atoms with Crippen LogP contribution < -0.4 is 5.32 Å². The molecule has 0 atom stereocenters. The fourth-order valence-electron chi connectivity index (χ4n) is 2.17. The summed E-state index contributed by atoms with van der Waals surface area (Å²) in [5.41, 5.74) is 2.43. The van der Waals surface area contributed by atoms with Gasteiger partial charge in [-0.25, -0.2) is 0 Å². The van der Waals surface area contributed by atoms with Crippen LogP contribution in [0.5, 0.6) is 0 Å². The van der Waals surface area contributed by atoms with Gasteiger partial charge in [-0.2, -0.15) is 5.10 Å². The number of nitro groups is 1. The highest BCUT2D eigenvalue weighted by Gasteiger charge is 2.16. The fraction of sp³-hybridized carbons (Fsp3) is 0.357. The van der Waals surface area contributed by atoms with Crippen LogP contribution in [0, 0.1) is 10.1 Å². The van der Waals surface area contributed by atoms with Crippen molar-refractivity contribution in [3.05, 3.63) is 50.8 Å². The first-order chi connectivity index (χ1) is 9.88. The van der Waals surface area contributed by atoms with Gasteiger partial charge in [0.1, 0.15) is 5.69 Å². The molecule has 6 nitrogen and oxygen atoms in total. The first-order valence-electron chi connectivity index (χ1n) is 6.58. The number of rotatable bonds is 5. The number of halogens is 1. The molecule has 1 heterocycles. The SMILES string of the molecule is CC(C)c1nn(C)cc1CNc1ccc(Cl)cc1[N+](=O)[O-]. The highest BCUT2D eigenvalue weighted by atomic mass is 35.5. The molecular formula is C14H17ClN4O2. The largest absolute Gasteiger partial charge is 0.375 e. The molecule has 0 saturated carbocycles. The van der Waals surface area contributed by atoms with E-state index in [9.17, 15) is 10.1 Å². The molecule has 7 heteroatoms. The Morgan fingerprint density at radius 3 is 2.81 bits per heavy atom. The third kappa shape index (κ3) is 3.52. The van der Waals surface area contributed by atoms with Crippen molar-refractivity contribution in [3.8, 4) is 0 Å². The number of aromatic nitrogens is 2. The van der Waals surface area contributed by atoms with E-state index in [0.29, 0.717) is 23.2 Å². The average Bonchev–Trinajstić information content (AvgIpc) is 2.78. The summed E-state index contributed by atoms with van der Waals surface area (Å²) in [7, 11) is 1.86. The summed E-state index contributed by atoms with van der Waals surface area (Å²) in [6.07, 6.45) is 1.92. The topological polar surface area (TPSA) is 73.0 Å². The van der Waals surface area contributed by atoms with Gasteiger partial charge in [0.2, 0.25) is 0 Å². The highest BCUT2D eigenvalue weighted by molar-refractivity contribution is 6.30. The van der Waals surface area contributed by atoms with E-state index in [2.05, 4.69) is 24.3 Å². The Kier molecular flexibility index (Phi) is 4.47. The minimum atomic E-state index is -0.444. The zero-order valence-electron chi connectivity index (χ0n) is 12.1. The number of aryl methyl sites for hydroxylation is 1. The van der Waals surface area contributed by atoms with E-state index in [1.807, 2.05) is 13.2 Å². The maximum absolute atomic E-state index is 11.1. The molecule has 112 valence electrons. The Balaban J connectivity index is 2.23. The van der Waals surface area contributed by atoms with Crippen molar-refractivity contribution in [1.29, 1.82) is 0 Å². The van der Waals surface area contributed by atoms with Crippen LogP contribution >= 0.6 is 11.6 Å². The summed E-state index contributed by atoms with van der Waals surface area (Å²) < 4.78 is 1.75. The first-order valence-corrected chi connectivity index (χ1v) is 6.96. The Bertz CT molecular complexity index is 667. The van der Waals surface area contributed by atoms with Crippen LogP contribution in [-0.4, -0.2) is 14.7 Å². The van der Waals surface area contributed by atoms with Gasteiger partial charge in [-0.15, -0.1) is 0 Å². The van der Waals surface area contributed by atoms with Gasteiger partial charge in [0.15, 0.2) is 0 Å². The molecule has 0 aliphatic rings. The van der Waals surface area contributed by atoms with Crippen LogP contribution in [0.2, 0.25) is 5.02 Å². The van der Waals surface area contributed by atoms with Crippen LogP contribution in [0.4, 0.5) is 11.4 Å². The summed E-state index contributed by atoms with van der Waals surface area (Å²) in [4.78, 5) is 10.6. The van der Waals surface area contributed by atoms with Crippen LogP contribution in [0.25, 0.3) is 0 Å². The number of anilines is 1. The molecular weight excluding hydrogens is 292 g/mol. The second kappa shape index (κ2) is 6.13. The quantitative estimate of drug-likeness (QED) is 0.675. The molecule has 0 unspecified atom stereocenters. The Hall–Kier alpha value is -2.08. The molecule has 0 spiro atoms. The van der Waals surface area contributed by atoms with Crippen LogP contribution in [0.1, 0.15) is 31.0 Å². The van der Waals surface area contributed by atoms with E-state index < -0.39 is 4.92 Å². The lowest BCUT2D eigenvalue weighted by Crippen LogP contribution is -2.04. The minimum absolute atomic E-state index is 0.0301. The van der Waals surface area contributed by atoms with Crippen molar-refractivity contribution in [3.63, 3.8) is 0 Å². The van der Waals surface area contributed by atoms with Crippen molar-refractivity contribution in [2.75, 3.05) is 5.32 Å². The number of nitrogens with one attached hydrogen (secondary N) is 1. The molecule has 0 aliphatic heterocycles. The van der Waals surface area contributed by atoms with Gasteiger partial charge < -0.3 is 5.32 Å². The normalized spacial score (nSPS) is 10.9. The van der Waals surface area contributed by atoms with E-state index in [-0.39, 0.29) is 5.69 Å². The summed E-state index contributed by atoms with van der Waals surface area (Å²) in [5.74, 6) is 0.295. The van der Waals surface area contributed by atoms with Gasteiger partial charge in [0.05, 0.1) is 10.6 Å². The average molecular weight is 309 g/mol. The lowest BCUT2D eigenvalue weighted by Gasteiger charge is -2.09. The van der Waals surface area contributed by atoms with Crippen molar-refractivity contribution >= 4 is 23.0 Å². The Morgan fingerprint density at radius 2 is 2.19 bits per heavy atom. The molecule has 0 saturated heterocycles. The van der Waals surface area contributed by atoms with Gasteiger partial charge in [0, 0.05) is 36.4 Å². The molecule has 2 aromatic rings. The van der Waals surface area contributed by atoms with Crippen molar-refractivity contribution in [2.24, 2.45) is 7.05 Å². The maximum atomic E-state index is 11.1. The summed E-state index contributed by atoms with van der Waals surface area (Å²) in [6, 6.07) is 4.59. The Labute approximate surface area is 127 Å². The number of hydrogen-bond donors (Lipinski definition) is 1. The molecule has 0 aliphatic carbocycles. The predicted molar refractivity (Wildman–Crippen MR) is 82.7 cm³/mol. The molecule has 0 radical (unpaired) electrons. The fourth-order valence-corrected chi connectivity index (χ4v) is 2.34. The molecule has 0 amide bonds. The number of hydrogen-bond acceptors (Lipinski definition) is 4. The lowest BCUT2D eigenvalue weighted by molar-refractivity contribution is -0.383. The second-order valence-electron chi connectivity index (χ2n) is 5.14. The summed E-state index contributed by atoms with van der Waals surface area (Å²) in [6.45, 7) is 4.61. The van der Waals surface area contributed by atoms with Gasteiger partial charge in [0.25, 0.3) is 5.69 Å². The van der Waals surface area contributed by atoms with Crippen LogP contribution in [0.15, 0.2) is 24.4 Å². The van der Waals surface area contributed by atoms with Crippen LogP contribution in [-0.2, 0) is 13.6 Å². The van der Waals surface area contributed by atoms with E-state index in [1.54, 1.807) is 16.8 Å². The van der Waals surface area contributed by atoms with Crippen molar-refractivity contribution in [1.82, 2.24) is 9.78 Å². The van der Waals surface area contributed by atoms with Gasteiger partial charge >= 0.3 is 0 Å². The maximum Gasteiger partial charge on any atom is 0.293 e. The third-order valence-corrected chi connectivity index (χ3v) is 3.34. The molecule has 2 rings (SSSR count). The molecule has 1 N–H and O–H groups in total. The van der Waals surface area contributed by atoms with Gasteiger partial charge in [-0.3, -0.25) is 14.8 Å². The molecule has 1 aromatic heterocycles. The number of nitro benzene ring substituents is 1. The predicted octanol–water partition coefficient (Wildman–Crippen LogP) is 3.72. The van der Waals surface area contributed by atoms with E-state index in [0.717, 1.165) is 11.3 Å². The van der Waals surface area contributed by atoms with E-state index in [4.69, 9.17) is 11.6 Å². The highest BCUT2D eigenvalue weighted by Crippen LogP contribution is 2.28. The number of benzene rings is 1. The third-order valence-electron chi connectivity index (χ3n) is 3.11. The molecule has 0 fully saturated rings. The van der Waals surface area contributed by atoms with E-state index >= 15 is 0 Å². The molecule has 21 heavy (non-hydrogen) atoms. The van der Waals surface area contributed by atoms with Gasteiger partial charge in [-0.1, -0.05) is 25.4 Å². The monoisotopic (exact) mass is 308 g/mol. The zero-order chi connectivity index (χ0) is 15.6. The Morgan fingerprint density at radius 1 is 1.48 bits per heavy atom. The summed E-state index contributed by atoms with van der Waals surface area (Å²) in [5, 5.41) is 18.9. The summed E-state index contributed by atoms with van der Waals surface area (Å²) >= 11 is 5.80. The van der Waals surface area contributed by atoms with Gasteiger partial charge in [-0.05, 0) is 18.1 Å². The molecule has 0 bridgehead atoms. The smallest absolute Gasteiger partial charge is 0.293 e. The lowest BCUT2D eigenvalue weighted by atomic mass is 10.1. The van der Waals surface area contributed by atoms with Crippen molar-refractivity contribution in [2.45, 2.75) is 26.3 Å². The number of nitrogens with zero attached hydrogens (tertiary/aromatic N) is 3. The van der Waals surface area contributed by atoms with E-state index in [1.165, 1.54) is 6.07 Å². The standard InChI is InChI=1S/C14H17ClN4O2/c1-9(2)14-10(8-18(3)17-14)7-16-12-5-4-11(15)6-13(12)19(20)21/h4-6,8-9,16H,7H2,1-3H3. The second-order valence-corrected chi connectivity index (χ2v) is 5.58.